The van der Waals surface area contributed by atoms with Crippen LogP contribution in [0.1, 0.15) is 48.3 Å². The van der Waals surface area contributed by atoms with Gasteiger partial charge in [-0.15, -0.1) is 0 Å². The Morgan fingerprint density at radius 3 is 2.71 bits per heavy atom. The number of allylic oxidation sites excluding steroid dienone is 3. The summed E-state index contributed by atoms with van der Waals surface area (Å²) < 4.78 is 32.3. The highest BCUT2D eigenvalue weighted by atomic mass is 32.2. The minimum Gasteiger partial charge on any atom is -0.461 e. The Kier molecular flexibility index (Phi) is 4.21. The van der Waals surface area contributed by atoms with Crippen LogP contribution >= 0.6 is 0 Å². The summed E-state index contributed by atoms with van der Waals surface area (Å²) in [6, 6.07) is 0. The number of hydrogen-bond donors (Lipinski definition) is 0. The van der Waals surface area contributed by atoms with E-state index in [4.69, 9.17) is 4.74 Å². The summed E-state index contributed by atoms with van der Waals surface area (Å²) in [5, 5.41) is 0. The topological polar surface area (TPSA) is 82.4 Å². The van der Waals surface area contributed by atoms with E-state index in [9.17, 15) is 18.0 Å². The van der Waals surface area contributed by atoms with Gasteiger partial charge in [0.25, 0.3) is 10.0 Å². The van der Waals surface area contributed by atoms with Crippen LogP contribution in [-0.2, 0) is 32.4 Å². The van der Waals surface area contributed by atoms with E-state index in [0.717, 1.165) is 27.9 Å². The number of carbonyl (C=O) groups excluding carboxylic acids is 2. The molecule has 0 amide bonds. The van der Waals surface area contributed by atoms with Gasteiger partial charge < -0.3 is 4.74 Å². The van der Waals surface area contributed by atoms with Gasteiger partial charge in [0.2, 0.25) is 0 Å². The SMILES string of the molecule is CCOC(=O)c1c2c(cn1S(=O)(=O)C1=C(C)CC(=O)C=C1)CCC2. The smallest absolute Gasteiger partial charge is 0.356 e. The molecule has 128 valence electrons. The first-order valence-electron chi connectivity index (χ1n) is 7.92. The lowest BCUT2D eigenvalue weighted by molar-refractivity contribution is -0.114. The van der Waals surface area contributed by atoms with Crippen LogP contribution in [0.15, 0.2) is 28.8 Å². The second-order valence-corrected chi connectivity index (χ2v) is 7.76. The Labute approximate surface area is 140 Å². The maximum atomic E-state index is 13.1. The molecule has 0 spiro atoms. The monoisotopic (exact) mass is 349 g/mol. The first-order chi connectivity index (χ1) is 11.4. The normalized spacial score (nSPS) is 17.3. The van der Waals surface area contributed by atoms with E-state index < -0.39 is 16.0 Å². The van der Waals surface area contributed by atoms with Crippen molar-refractivity contribution in [2.75, 3.05) is 6.61 Å². The van der Waals surface area contributed by atoms with Crippen LogP contribution < -0.4 is 0 Å². The molecule has 24 heavy (non-hydrogen) atoms. The largest absolute Gasteiger partial charge is 0.461 e. The minimum atomic E-state index is -3.95. The van der Waals surface area contributed by atoms with Gasteiger partial charge in [-0.05, 0) is 62.0 Å². The average Bonchev–Trinajstić information content (AvgIpc) is 3.07. The predicted octanol–water partition coefficient (Wildman–Crippen LogP) is 2.13. The number of esters is 1. The molecule has 1 aromatic rings. The quantitative estimate of drug-likeness (QED) is 0.778. The number of hydrogen-bond acceptors (Lipinski definition) is 5. The Balaban J connectivity index is 2.16. The van der Waals surface area contributed by atoms with Crippen LogP contribution in [0, 0.1) is 0 Å². The third kappa shape index (κ3) is 2.62. The number of ketones is 1. The van der Waals surface area contributed by atoms with Gasteiger partial charge in [-0.25, -0.2) is 17.2 Å². The molecular formula is C17H19NO5S. The second-order valence-electron chi connectivity index (χ2n) is 5.98. The van der Waals surface area contributed by atoms with E-state index in [2.05, 4.69) is 0 Å². The predicted molar refractivity (Wildman–Crippen MR) is 88.2 cm³/mol. The Hall–Kier alpha value is -2.15. The molecular weight excluding hydrogens is 330 g/mol. The van der Waals surface area contributed by atoms with Crippen LogP contribution in [0.5, 0.6) is 0 Å². The zero-order valence-electron chi connectivity index (χ0n) is 13.7. The molecule has 0 saturated carbocycles. The van der Waals surface area contributed by atoms with Crippen LogP contribution in [0.3, 0.4) is 0 Å². The maximum absolute atomic E-state index is 13.1. The highest BCUT2D eigenvalue weighted by Crippen LogP contribution is 2.32. The number of nitrogens with zero attached hydrogens (tertiary/aromatic N) is 1. The molecule has 0 unspecified atom stereocenters. The van der Waals surface area contributed by atoms with Crippen molar-refractivity contribution in [2.45, 2.75) is 39.5 Å². The zero-order valence-corrected chi connectivity index (χ0v) is 14.5. The fourth-order valence-electron chi connectivity index (χ4n) is 3.25. The van der Waals surface area contributed by atoms with Crippen molar-refractivity contribution < 1.29 is 22.7 Å². The molecule has 0 aliphatic heterocycles. The van der Waals surface area contributed by atoms with Crippen molar-refractivity contribution in [1.29, 1.82) is 0 Å². The summed E-state index contributed by atoms with van der Waals surface area (Å²) in [5.41, 5.74) is 2.20. The van der Waals surface area contributed by atoms with Crippen molar-refractivity contribution in [3.8, 4) is 0 Å². The summed E-state index contributed by atoms with van der Waals surface area (Å²) in [6.45, 7) is 3.48. The third-order valence-electron chi connectivity index (χ3n) is 4.33. The molecule has 0 saturated heterocycles. The lowest BCUT2D eigenvalue weighted by Crippen LogP contribution is -2.23. The molecule has 1 aromatic heterocycles. The van der Waals surface area contributed by atoms with Gasteiger partial charge in [-0.3, -0.25) is 4.79 Å². The van der Waals surface area contributed by atoms with Gasteiger partial charge in [-0.1, -0.05) is 0 Å². The molecule has 2 aliphatic rings. The number of carbonyl (C=O) groups is 2. The molecule has 0 bridgehead atoms. The highest BCUT2D eigenvalue weighted by molar-refractivity contribution is 7.94. The second kappa shape index (κ2) is 6.05. The summed E-state index contributed by atoms with van der Waals surface area (Å²) in [4.78, 5) is 23.9. The summed E-state index contributed by atoms with van der Waals surface area (Å²) in [7, 11) is -3.95. The van der Waals surface area contributed by atoms with Crippen LogP contribution in [-0.4, -0.2) is 30.7 Å². The van der Waals surface area contributed by atoms with Gasteiger partial charge in [0.1, 0.15) is 5.69 Å². The molecule has 6 nitrogen and oxygen atoms in total. The van der Waals surface area contributed by atoms with E-state index in [1.807, 2.05) is 0 Å². The lowest BCUT2D eigenvalue weighted by Gasteiger charge is -2.16. The van der Waals surface area contributed by atoms with Crippen LogP contribution in [0.2, 0.25) is 0 Å². The Morgan fingerprint density at radius 1 is 1.29 bits per heavy atom. The van der Waals surface area contributed by atoms with Crippen molar-refractivity contribution >= 4 is 21.8 Å². The summed E-state index contributed by atoms with van der Waals surface area (Å²) in [6.07, 6.45) is 6.48. The first kappa shape index (κ1) is 16.7. The summed E-state index contributed by atoms with van der Waals surface area (Å²) >= 11 is 0. The van der Waals surface area contributed by atoms with E-state index in [0.29, 0.717) is 12.0 Å². The average molecular weight is 349 g/mol. The molecule has 0 fully saturated rings. The van der Waals surface area contributed by atoms with Crippen molar-refractivity contribution in [2.24, 2.45) is 0 Å². The fourth-order valence-corrected chi connectivity index (χ4v) is 4.91. The number of aromatic nitrogens is 1. The number of fused-ring (bicyclic) bond motifs is 1. The fraction of sp³-hybridized carbons (Fsp3) is 0.412. The minimum absolute atomic E-state index is 0.0702. The number of ether oxygens (including phenoxy) is 1. The number of rotatable bonds is 4. The molecule has 0 radical (unpaired) electrons. The van der Waals surface area contributed by atoms with E-state index >= 15 is 0 Å². The van der Waals surface area contributed by atoms with E-state index in [-0.39, 0.29) is 29.4 Å². The molecule has 3 rings (SSSR count). The van der Waals surface area contributed by atoms with Crippen LogP contribution in [0.4, 0.5) is 0 Å². The first-order valence-corrected chi connectivity index (χ1v) is 9.36. The maximum Gasteiger partial charge on any atom is 0.356 e. The van der Waals surface area contributed by atoms with E-state index in [1.165, 1.54) is 18.3 Å². The lowest BCUT2D eigenvalue weighted by atomic mass is 10.1. The van der Waals surface area contributed by atoms with Gasteiger partial charge in [0, 0.05) is 12.6 Å². The molecule has 0 N–H and O–H groups in total. The van der Waals surface area contributed by atoms with E-state index in [1.54, 1.807) is 13.8 Å². The van der Waals surface area contributed by atoms with Crippen LogP contribution in [0.25, 0.3) is 0 Å². The van der Waals surface area contributed by atoms with Crippen molar-refractivity contribution in [3.05, 3.63) is 45.6 Å². The zero-order chi connectivity index (χ0) is 17.5. The standard InChI is InChI=1S/C17H19NO5S/c1-3-23-17(20)16-14-6-4-5-12(14)10-18(16)24(21,22)15-8-7-13(19)9-11(15)2/h7-8,10H,3-6,9H2,1-2H3. The van der Waals surface area contributed by atoms with Gasteiger partial charge in [-0.2, -0.15) is 0 Å². The third-order valence-corrected chi connectivity index (χ3v) is 6.17. The highest BCUT2D eigenvalue weighted by Gasteiger charge is 2.33. The van der Waals surface area contributed by atoms with Gasteiger partial charge in [0.05, 0.1) is 11.5 Å². The van der Waals surface area contributed by atoms with Gasteiger partial charge in [0.15, 0.2) is 5.78 Å². The molecule has 1 heterocycles. The summed E-state index contributed by atoms with van der Waals surface area (Å²) in [5.74, 6) is -0.759. The van der Waals surface area contributed by atoms with Crippen molar-refractivity contribution in [3.63, 3.8) is 0 Å². The molecule has 7 heteroatoms. The van der Waals surface area contributed by atoms with Gasteiger partial charge >= 0.3 is 5.97 Å². The molecule has 0 aromatic carbocycles. The Morgan fingerprint density at radius 2 is 2.04 bits per heavy atom. The molecule has 2 aliphatic carbocycles. The Bertz CT molecular complexity index is 886. The number of aryl methyl sites for hydroxylation is 1. The van der Waals surface area contributed by atoms with Crippen molar-refractivity contribution in [1.82, 2.24) is 3.97 Å². The molecule has 0 atom stereocenters.